The van der Waals surface area contributed by atoms with E-state index in [1.54, 1.807) is 44.4 Å². The van der Waals surface area contributed by atoms with E-state index in [1.165, 1.54) is 0 Å². The summed E-state index contributed by atoms with van der Waals surface area (Å²) in [6, 6.07) is 9.24. The number of nitrogens with two attached hydrogens (primary N) is 1. The van der Waals surface area contributed by atoms with E-state index in [4.69, 9.17) is 15.3 Å². The van der Waals surface area contributed by atoms with E-state index in [0.717, 1.165) is 33.6 Å². The molecule has 3 rings (SSSR count). The van der Waals surface area contributed by atoms with Gasteiger partial charge in [0.15, 0.2) is 5.75 Å². The highest BCUT2D eigenvalue weighted by atomic mass is 32.1. The molecule has 1 aromatic carbocycles. The standard InChI is InChI=1S/C21H24N4O3S/c1-21(2,3)27-20(26)25-28-15-9-10-16-17(12-15)29-19(24-16)7-5-4-6-14-8-11-18(22)23-13-14/h5,7-13H,4,6H2,1-3H3,(H2,22,23)(H,25,26)/b7-5+. The van der Waals surface area contributed by atoms with E-state index in [2.05, 4.69) is 21.5 Å². The summed E-state index contributed by atoms with van der Waals surface area (Å²) in [5.41, 5.74) is 9.32. The van der Waals surface area contributed by atoms with Crippen LogP contribution < -0.4 is 16.1 Å². The summed E-state index contributed by atoms with van der Waals surface area (Å²) in [5, 5.41) is 0.910. The maximum absolute atomic E-state index is 11.7. The molecule has 2 aromatic heterocycles. The molecule has 0 aliphatic heterocycles. The number of thiazole rings is 1. The number of amides is 1. The minimum absolute atomic E-state index is 0.512. The number of hydrogen-bond donors (Lipinski definition) is 2. The number of allylic oxidation sites excluding steroid dienone is 1. The second-order valence-corrected chi connectivity index (χ2v) is 8.48. The maximum Gasteiger partial charge on any atom is 0.441 e. The molecule has 0 bridgehead atoms. The van der Waals surface area contributed by atoms with Crippen LogP contribution in [0.25, 0.3) is 16.3 Å². The number of nitrogens with zero attached hydrogens (tertiary/aromatic N) is 2. The number of ether oxygens (including phenoxy) is 1. The van der Waals surface area contributed by atoms with Gasteiger partial charge < -0.3 is 15.3 Å². The number of hydrogen-bond acceptors (Lipinski definition) is 7. The van der Waals surface area contributed by atoms with E-state index in [-0.39, 0.29) is 0 Å². The Bertz CT molecular complexity index is 1010. The largest absolute Gasteiger partial charge is 0.442 e. The zero-order chi connectivity index (χ0) is 20.9. The van der Waals surface area contributed by atoms with E-state index >= 15 is 0 Å². The highest BCUT2D eigenvalue weighted by Crippen LogP contribution is 2.27. The van der Waals surface area contributed by atoms with Crippen molar-refractivity contribution in [3.05, 3.63) is 53.2 Å². The van der Waals surface area contributed by atoms with Crippen molar-refractivity contribution in [3.8, 4) is 5.75 Å². The molecule has 7 nitrogen and oxygen atoms in total. The van der Waals surface area contributed by atoms with E-state index in [0.29, 0.717) is 11.6 Å². The Labute approximate surface area is 173 Å². The first kappa shape index (κ1) is 20.6. The molecular weight excluding hydrogens is 388 g/mol. The number of nitrogens with one attached hydrogen (secondary N) is 1. The van der Waals surface area contributed by atoms with Gasteiger partial charge in [0.25, 0.3) is 0 Å². The molecule has 0 unspecified atom stereocenters. The third-order valence-corrected chi connectivity index (χ3v) is 4.72. The van der Waals surface area contributed by atoms with Crippen molar-refractivity contribution >= 4 is 39.5 Å². The fourth-order valence-electron chi connectivity index (χ4n) is 2.48. The number of carbonyl (C=O) groups is 1. The summed E-state index contributed by atoms with van der Waals surface area (Å²) < 4.78 is 6.11. The number of rotatable bonds is 6. The number of anilines is 1. The number of benzene rings is 1. The van der Waals surface area contributed by atoms with E-state index in [1.807, 2.05) is 30.3 Å². The monoisotopic (exact) mass is 412 g/mol. The molecule has 1 amide bonds. The molecule has 0 aliphatic carbocycles. The molecule has 0 fully saturated rings. The summed E-state index contributed by atoms with van der Waals surface area (Å²) in [7, 11) is 0. The average molecular weight is 413 g/mol. The Balaban J connectivity index is 1.55. The topological polar surface area (TPSA) is 99.4 Å². The maximum atomic E-state index is 11.7. The third-order valence-electron chi connectivity index (χ3n) is 3.74. The lowest BCUT2D eigenvalue weighted by atomic mass is 10.1. The van der Waals surface area contributed by atoms with Crippen LogP contribution in [-0.2, 0) is 11.2 Å². The lowest BCUT2D eigenvalue weighted by Crippen LogP contribution is -2.34. The van der Waals surface area contributed by atoms with Crippen LogP contribution in [0, 0.1) is 0 Å². The summed E-state index contributed by atoms with van der Waals surface area (Å²) in [4.78, 5) is 25.7. The number of fused-ring (bicyclic) bond motifs is 1. The molecule has 3 N–H and O–H groups in total. The first-order chi connectivity index (χ1) is 13.8. The molecule has 152 valence electrons. The van der Waals surface area contributed by atoms with Gasteiger partial charge in [0.05, 0.1) is 10.2 Å². The van der Waals surface area contributed by atoms with Gasteiger partial charge in [-0.2, -0.15) is 5.48 Å². The Hall–Kier alpha value is -3.13. The molecule has 0 saturated carbocycles. The van der Waals surface area contributed by atoms with Crippen molar-refractivity contribution in [2.75, 3.05) is 5.73 Å². The molecule has 0 aliphatic rings. The number of nitrogen functional groups attached to an aromatic ring is 1. The molecule has 3 aromatic rings. The molecule has 8 heteroatoms. The fourth-order valence-corrected chi connectivity index (χ4v) is 3.40. The quantitative estimate of drug-likeness (QED) is 0.568. The molecule has 0 saturated heterocycles. The predicted octanol–water partition coefficient (Wildman–Crippen LogP) is 4.74. The zero-order valence-corrected chi connectivity index (χ0v) is 17.5. The molecule has 0 radical (unpaired) electrons. The van der Waals surface area contributed by atoms with Crippen molar-refractivity contribution in [1.29, 1.82) is 0 Å². The van der Waals surface area contributed by atoms with Crippen LogP contribution >= 0.6 is 11.3 Å². The Morgan fingerprint density at radius 3 is 2.83 bits per heavy atom. The van der Waals surface area contributed by atoms with Crippen LogP contribution in [0.4, 0.5) is 10.6 Å². The molecule has 29 heavy (non-hydrogen) atoms. The number of aryl methyl sites for hydroxylation is 1. The first-order valence-electron chi connectivity index (χ1n) is 9.22. The van der Waals surface area contributed by atoms with Crippen molar-refractivity contribution < 1.29 is 14.4 Å². The van der Waals surface area contributed by atoms with E-state index < -0.39 is 11.7 Å². The molecular formula is C21H24N4O3S. The summed E-state index contributed by atoms with van der Waals surface area (Å²) in [5.74, 6) is 1.04. The van der Waals surface area contributed by atoms with Gasteiger partial charge in [-0.15, -0.1) is 11.3 Å². The van der Waals surface area contributed by atoms with Gasteiger partial charge in [-0.05, 0) is 63.5 Å². The normalized spacial score (nSPS) is 11.7. The lowest BCUT2D eigenvalue weighted by Gasteiger charge is -2.19. The Morgan fingerprint density at radius 1 is 1.28 bits per heavy atom. The van der Waals surface area contributed by atoms with Gasteiger partial charge in [0, 0.05) is 12.3 Å². The first-order valence-corrected chi connectivity index (χ1v) is 10.0. The van der Waals surface area contributed by atoms with Gasteiger partial charge in [-0.3, -0.25) is 0 Å². The van der Waals surface area contributed by atoms with Crippen molar-refractivity contribution in [1.82, 2.24) is 15.4 Å². The number of pyridine rings is 1. The highest BCUT2D eigenvalue weighted by molar-refractivity contribution is 7.19. The fraction of sp³-hybridized carbons (Fsp3) is 0.286. The number of carbonyl (C=O) groups excluding carboxylic acids is 1. The smallest absolute Gasteiger partial charge is 0.441 e. The van der Waals surface area contributed by atoms with E-state index in [9.17, 15) is 4.79 Å². The predicted molar refractivity (Wildman–Crippen MR) is 116 cm³/mol. The van der Waals surface area contributed by atoms with Gasteiger partial charge >= 0.3 is 6.09 Å². The second-order valence-electron chi connectivity index (χ2n) is 7.42. The lowest BCUT2D eigenvalue weighted by molar-refractivity contribution is 0.0288. The van der Waals surface area contributed by atoms with Gasteiger partial charge in [0.2, 0.25) is 0 Å². The summed E-state index contributed by atoms with van der Waals surface area (Å²) in [6.45, 7) is 5.37. The number of hydroxylamine groups is 1. The van der Waals surface area contributed by atoms with Crippen LogP contribution in [0.15, 0.2) is 42.6 Å². The highest BCUT2D eigenvalue weighted by Gasteiger charge is 2.16. The van der Waals surface area contributed by atoms with Gasteiger partial charge in [-0.25, -0.2) is 14.8 Å². The zero-order valence-electron chi connectivity index (χ0n) is 16.6. The van der Waals surface area contributed by atoms with Gasteiger partial charge in [-0.1, -0.05) is 12.1 Å². The molecule has 2 heterocycles. The van der Waals surface area contributed by atoms with Crippen molar-refractivity contribution in [2.24, 2.45) is 0 Å². The summed E-state index contributed by atoms with van der Waals surface area (Å²) >= 11 is 1.55. The average Bonchev–Trinajstić information content (AvgIpc) is 3.05. The third kappa shape index (κ3) is 6.46. The van der Waals surface area contributed by atoms with Crippen LogP contribution in [0.1, 0.15) is 37.8 Å². The van der Waals surface area contributed by atoms with Crippen LogP contribution in [-0.4, -0.2) is 21.7 Å². The van der Waals surface area contributed by atoms with Crippen molar-refractivity contribution in [2.45, 2.75) is 39.2 Å². The second kappa shape index (κ2) is 8.91. The minimum atomic E-state index is -0.637. The molecule has 0 atom stereocenters. The van der Waals surface area contributed by atoms with Crippen LogP contribution in [0.5, 0.6) is 5.75 Å². The Kier molecular flexibility index (Phi) is 6.33. The summed E-state index contributed by atoms with van der Waals surface area (Å²) in [6.07, 6.45) is 7.04. The van der Waals surface area contributed by atoms with Crippen molar-refractivity contribution in [3.63, 3.8) is 0 Å². The van der Waals surface area contributed by atoms with Gasteiger partial charge in [0.1, 0.15) is 16.4 Å². The minimum Gasteiger partial charge on any atom is -0.442 e. The van der Waals surface area contributed by atoms with Crippen LogP contribution in [0.2, 0.25) is 0 Å². The number of aromatic nitrogens is 2. The van der Waals surface area contributed by atoms with Crippen LogP contribution in [0.3, 0.4) is 0 Å². The Morgan fingerprint density at radius 2 is 2.10 bits per heavy atom. The molecule has 0 spiro atoms. The SMILES string of the molecule is CC(C)(C)OC(=O)NOc1ccc2nc(/C=C/CCc3ccc(N)nc3)sc2c1.